The van der Waals surface area contributed by atoms with Crippen molar-refractivity contribution in [1.29, 1.82) is 0 Å². The molecule has 138 valence electrons. The van der Waals surface area contributed by atoms with E-state index >= 15 is 0 Å². The Hall–Kier alpha value is -1.88. The Morgan fingerprint density at radius 2 is 2.16 bits per heavy atom. The molecule has 1 fully saturated rings. The summed E-state index contributed by atoms with van der Waals surface area (Å²) in [6.45, 7) is 9.41. The fourth-order valence-corrected chi connectivity index (χ4v) is 3.07. The number of hydrogen-bond donors (Lipinski definition) is 1. The van der Waals surface area contributed by atoms with Gasteiger partial charge in [0.05, 0.1) is 6.61 Å². The van der Waals surface area contributed by atoms with Gasteiger partial charge < -0.3 is 15.0 Å². The number of benzene rings is 1. The number of rotatable bonds is 9. The van der Waals surface area contributed by atoms with E-state index in [1.54, 1.807) is 18.2 Å². The zero-order chi connectivity index (χ0) is 18.2. The van der Waals surface area contributed by atoms with E-state index in [4.69, 9.17) is 4.74 Å². The minimum atomic E-state index is 0.0211. The Kier molecular flexibility index (Phi) is 7.44. The lowest BCUT2D eigenvalue weighted by atomic mass is 10.1. The minimum absolute atomic E-state index is 0.0211. The average Bonchev–Trinajstić information content (AvgIpc) is 3.06. The van der Waals surface area contributed by atoms with E-state index in [-0.39, 0.29) is 11.7 Å². The van der Waals surface area contributed by atoms with E-state index in [1.165, 1.54) is 6.92 Å². The van der Waals surface area contributed by atoms with Crippen LogP contribution in [0.15, 0.2) is 24.3 Å². The molecule has 0 radical (unpaired) electrons. The normalized spacial score (nSPS) is 17.7. The van der Waals surface area contributed by atoms with Crippen LogP contribution in [0.2, 0.25) is 0 Å². The van der Waals surface area contributed by atoms with Crippen molar-refractivity contribution < 1.29 is 14.3 Å². The van der Waals surface area contributed by atoms with E-state index in [9.17, 15) is 9.59 Å². The van der Waals surface area contributed by atoms with Gasteiger partial charge in [0.2, 0.25) is 5.91 Å². The SMILES string of the molecule is CC(=O)c1cccc(OCCCC(=O)NC[C@@H]2CCN(C(C)C)C2)c1. The van der Waals surface area contributed by atoms with Crippen molar-refractivity contribution in [2.24, 2.45) is 5.92 Å². The number of ketones is 1. The number of ether oxygens (including phenoxy) is 1. The largest absolute Gasteiger partial charge is 0.494 e. The predicted molar refractivity (Wildman–Crippen MR) is 99.0 cm³/mol. The van der Waals surface area contributed by atoms with Crippen molar-refractivity contribution >= 4 is 11.7 Å². The molecule has 1 aromatic carbocycles. The molecule has 1 aromatic rings. The molecule has 1 amide bonds. The Balaban J connectivity index is 1.60. The molecule has 1 aliphatic rings. The molecule has 0 spiro atoms. The fourth-order valence-electron chi connectivity index (χ4n) is 3.07. The van der Waals surface area contributed by atoms with Gasteiger partial charge in [0.15, 0.2) is 5.78 Å². The number of carbonyl (C=O) groups excluding carboxylic acids is 2. The molecule has 5 heteroatoms. The Morgan fingerprint density at radius 1 is 1.36 bits per heavy atom. The molecule has 2 rings (SSSR count). The Labute approximate surface area is 150 Å². The highest BCUT2D eigenvalue weighted by Crippen LogP contribution is 2.17. The second-order valence-corrected chi connectivity index (χ2v) is 7.08. The van der Waals surface area contributed by atoms with E-state index in [2.05, 4.69) is 24.1 Å². The van der Waals surface area contributed by atoms with Gasteiger partial charge in [-0.1, -0.05) is 12.1 Å². The number of amides is 1. The van der Waals surface area contributed by atoms with Crippen LogP contribution in [0.5, 0.6) is 5.75 Å². The maximum Gasteiger partial charge on any atom is 0.220 e. The average molecular weight is 346 g/mol. The van der Waals surface area contributed by atoms with Crippen molar-refractivity contribution in [3.63, 3.8) is 0 Å². The summed E-state index contributed by atoms with van der Waals surface area (Å²) >= 11 is 0. The first kappa shape index (κ1) is 19.4. The van der Waals surface area contributed by atoms with Gasteiger partial charge in [-0.25, -0.2) is 0 Å². The molecule has 1 aliphatic heterocycles. The van der Waals surface area contributed by atoms with Crippen molar-refractivity contribution in [3.8, 4) is 5.75 Å². The molecule has 1 atom stereocenters. The second kappa shape index (κ2) is 9.56. The maximum atomic E-state index is 11.9. The van der Waals surface area contributed by atoms with Gasteiger partial charge in [-0.3, -0.25) is 9.59 Å². The van der Waals surface area contributed by atoms with Crippen LogP contribution < -0.4 is 10.1 Å². The van der Waals surface area contributed by atoms with Crippen molar-refractivity contribution in [1.82, 2.24) is 10.2 Å². The van der Waals surface area contributed by atoms with E-state index in [0.29, 0.717) is 42.7 Å². The van der Waals surface area contributed by atoms with E-state index in [0.717, 1.165) is 26.1 Å². The molecule has 0 unspecified atom stereocenters. The van der Waals surface area contributed by atoms with Gasteiger partial charge in [0, 0.05) is 31.1 Å². The van der Waals surface area contributed by atoms with Gasteiger partial charge in [0.25, 0.3) is 0 Å². The zero-order valence-electron chi connectivity index (χ0n) is 15.6. The fraction of sp³-hybridized carbons (Fsp3) is 0.600. The summed E-state index contributed by atoms with van der Waals surface area (Å²) in [6.07, 6.45) is 2.29. The van der Waals surface area contributed by atoms with Crippen molar-refractivity contribution in [2.45, 2.75) is 46.1 Å². The van der Waals surface area contributed by atoms with Crippen LogP contribution in [0.25, 0.3) is 0 Å². The summed E-state index contributed by atoms with van der Waals surface area (Å²) in [4.78, 5) is 25.7. The molecule has 1 N–H and O–H groups in total. The smallest absolute Gasteiger partial charge is 0.220 e. The molecular formula is C20H30N2O3. The molecule has 0 saturated carbocycles. The lowest BCUT2D eigenvalue weighted by Gasteiger charge is -2.20. The van der Waals surface area contributed by atoms with Gasteiger partial charge in [-0.05, 0) is 58.2 Å². The van der Waals surface area contributed by atoms with Crippen LogP contribution in [-0.4, -0.2) is 48.9 Å². The molecule has 25 heavy (non-hydrogen) atoms. The van der Waals surface area contributed by atoms with Gasteiger partial charge in [0.1, 0.15) is 5.75 Å². The van der Waals surface area contributed by atoms with Gasteiger partial charge in [-0.2, -0.15) is 0 Å². The summed E-state index contributed by atoms with van der Waals surface area (Å²) in [5, 5.41) is 3.04. The van der Waals surface area contributed by atoms with Crippen LogP contribution >= 0.6 is 0 Å². The lowest BCUT2D eigenvalue weighted by molar-refractivity contribution is -0.121. The third-order valence-corrected chi connectivity index (χ3v) is 4.69. The molecule has 0 bridgehead atoms. The number of carbonyl (C=O) groups is 2. The highest BCUT2D eigenvalue weighted by atomic mass is 16.5. The monoisotopic (exact) mass is 346 g/mol. The van der Waals surface area contributed by atoms with E-state index < -0.39 is 0 Å². The minimum Gasteiger partial charge on any atom is -0.494 e. The first-order valence-corrected chi connectivity index (χ1v) is 9.20. The summed E-state index contributed by atoms with van der Waals surface area (Å²) < 4.78 is 5.63. The van der Waals surface area contributed by atoms with Crippen LogP contribution in [0.3, 0.4) is 0 Å². The standard InChI is InChI=1S/C20H30N2O3/c1-15(2)22-10-9-17(14-22)13-21-20(24)8-5-11-25-19-7-4-6-18(12-19)16(3)23/h4,6-7,12,15,17H,5,8-11,13-14H2,1-3H3,(H,21,24)/t17-/m0/s1. The summed E-state index contributed by atoms with van der Waals surface area (Å²) in [5.74, 6) is 1.35. The number of hydrogen-bond acceptors (Lipinski definition) is 4. The third kappa shape index (κ3) is 6.50. The summed E-state index contributed by atoms with van der Waals surface area (Å²) in [5.41, 5.74) is 0.641. The zero-order valence-corrected chi connectivity index (χ0v) is 15.6. The van der Waals surface area contributed by atoms with Gasteiger partial charge >= 0.3 is 0 Å². The number of nitrogens with zero attached hydrogens (tertiary/aromatic N) is 1. The molecule has 0 aromatic heterocycles. The summed E-state index contributed by atoms with van der Waals surface area (Å²) in [6, 6.07) is 7.72. The van der Waals surface area contributed by atoms with Crippen molar-refractivity contribution in [2.75, 3.05) is 26.2 Å². The van der Waals surface area contributed by atoms with Crippen molar-refractivity contribution in [3.05, 3.63) is 29.8 Å². The van der Waals surface area contributed by atoms with Crippen LogP contribution in [-0.2, 0) is 4.79 Å². The van der Waals surface area contributed by atoms with Crippen LogP contribution in [0, 0.1) is 5.92 Å². The number of Topliss-reactive ketones (excluding diaryl/α,β-unsaturated/α-hetero) is 1. The quantitative estimate of drug-likeness (QED) is 0.552. The second-order valence-electron chi connectivity index (χ2n) is 7.08. The maximum absolute atomic E-state index is 11.9. The Bertz CT molecular complexity index is 586. The van der Waals surface area contributed by atoms with Crippen LogP contribution in [0.4, 0.5) is 0 Å². The first-order chi connectivity index (χ1) is 12.0. The topological polar surface area (TPSA) is 58.6 Å². The molecule has 1 saturated heterocycles. The number of likely N-dealkylation sites (tertiary alicyclic amines) is 1. The highest BCUT2D eigenvalue weighted by Gasteiger charge is 2.24. The Morgan fingerprint density at radius 3 is 2.84 bits per heavy atom. The van der Waals surface area contributed by atoms with E-state index in [1.807, 2.05) is 6.07 Å². The predicted octanol–water partition coefficient (Wildman–Crippen LogP) is 2.89. The third-order valence-electron chi connectivity index (χ3n) is 4.69. The first-order valence-electron chi connectivity index (χ1n) is 9.20. The highest BCUT2D eigenvalue weighted by molar-refractivity contribution is 5.94. The molecule has 1 heterocycles. The van der Waals surface area contributed by atoms with Crippen LogP contribution in [0.1, 0.15) is 50.4 Å². The molecular weight excluding hydrogens is 316 g/mol. The number of nitrogens with one attached hydrogen (secondary N) is 1. The molecule has 0 aliphatic carbocycles. The molecule has 5 nitrogen and oxygen atoms in total. The lowest BCUT2D eigenvalue weighted by Crippen LogP contribution is -2.33. The summed E-state index contributed by atoms with van der Waals surface area (Å²) in [7, 11) is 0. The van der Waals surface area contributed by atoms with Gasteiger partial charge in [-0.15, -0.1) is 0 Å².